The second kappa shape index (κ2) is 8.05. The molecule has 2 bridgehead atoms. The van der Waals surface area contributed by atoms with Gasteiger partial charge in [-0.2, -0.15) is 13.2 Å². The van der Waals surface area contributed by atoms with Crippen LogP contribution in [0.5, 0.6) is 0 Å². The van der Waals surface area contributed by atoms with Crippen LogP contribution in [0.2, 0.25) is 0 Å². The van der Waals surface area contributed by atoms with Crippen molar-refractivity contribution in [2.24, 2.45) is 16.8 Å². The molecule has 3 unspecified atom stereocenters. The van der Waals surface area contributed by atoms with E-state index < -0.39 is 12.1 Å². The smallest absolute Gasteiger partial charge is 0.475 e. The van der Waals surface area contributed by atoms with Gasteiger partial charge in [-0.1, -0.05) is 6.42 Å². The summed E-state index contributed by atoms with van der Waals surface area (Å²) in [6.45, 7) is 0. The minimum atomic E-state index is -5.08. The molecule has 0 saturated heterocycles. The van der Waals surface area contributed by atoms with Crippen molar-refractivity contribution in [3.63, 3.8) is 0 Å². The number of pyridine rings is 1. The number of hydrogen-bond acceptors (Lipinski definition) is 5. The van der Waals surface area contributed by atoms with Gasteiger partial charge in [-0.3, -0.25) is 10.1 Å². The summed E-state index contributed by atoms with van der Waals surface area (Å²) in [4.78, 5) is 33.0. The number of aromatic nitrogens is 2. The number of hydrogen-bond donors (Lipinski definition) is 4. The molecule has 5 rings (SSSR count). The largest absolute Gasteiger partial charge is 0.490 e. The molecule has 2 aromatic rings. The summed E-state index contributed by atoms with van der Waals surface area (Å²) < 4.78 is 31.7. The van der Waals surface area contributed by atoms with Gasteiger partial charge in [0.25, 0.3) is 5.91 Å². The van der Waals surface area contributed by atoms with Gasteiger partial charge in [0.05, 0.1) is 0 Å². The van der Waals surface area contributed by atoms with Crippen LogP contribution < -0.4 is 10.6 Å². The van der Waals surface area contributed by atoms with Crippen molar-refractivity contribution >= 4 is 34.9 Å². The molecule has 0 spiro atoms. The third kappa shape index (κ3) is 4.54. The number of carboxylic acids is 1. The Morgan fingerprint density at radius 3 is 2.71 bits per heavy atom. The summed E-state index contributed by atoms with van der Waals surface area (Å²) in [6, 6.07) is 4.33. The van der Waals surface area contributed by atoms with Crippen molar-refractivity contribution < 1.29 is 27.9 Å². The lowest BCUT2D eigenvalue weighted by Gasteiger charge is -2.23. The first-order valence-electron chi connectivity index (χ1n) is 9.81. The summed E-state index contributed by atoms with van der Waals surface area (Å²) in [5.74, 6) is -0.713. The molecule has 0 aromatic carbocycles. The number of carbonyl (C=O) groups is 2. The zero-order chi connectivity index (χ0) is 22.2. The maximum absolute atomic E-state index is 12.2. The van der Waals surface area contributed by atoms with Crippen molar-refractivity contribution in [2.75, 3.05) is 0 Å². The zero-order valence-electron chi connectivity index (χ0n) is 16.2. The Balaban J connectivity index is 0.000000289. The maximum atomic E-state index is 12.2. The fraction of sp³-hybridized carbons (Fsp3) is 0.400. The van der Waals surface area contributed by atoms with E-state index in [9.17, 15) is 18.0 Å². The van der Waals surface area contributed by atoms with Crippen molar-refractivity contribution in [1.82, 2.24) is 20.6 Å². The van der Waals surface area contributed by atoms with Gasteiger partial charge < -0.3 is 15.4 Å². The monoisotopic (exact) mass is 435 g/mol. The van der Waals surface area contributed by atoms with E-state index in [0.29, 0.717) is 17.7 Å². The number of fused-ring (bicyclic) bond motifs is 3. The number of alkyl halides is 3. The number of halogens is 3. The Morgan fingerprint density at radius 1 is 1.29 bits per heavy atom. The van der Waals surface area contributed by atoms with Gasteiger partial charge in [-0.25, -0.2) is 14.8 Å². The van der Waals surface area contributed by atoms with Gasteiger partial charge in [0.1, 0.15) is 11.3 Å². The van der Waals surface area contributed by atoms with E-state index in [2.05, 4.69) is 25.6 Å². The number of H-pyrrole nitrogens is 1. The van der Waals surface area contributed by atoms with Gasteiger partial charge >= 0.3 is 12.1 Å². The fourth-order valence-electron chi connectivity index (χ4n) is 4.38. The van der Waals surface area contributed by atoms with Crippen LogP contribution in [-0.2, 0) is 9.59 Å². The average Bonchev–Trinajstić information content (AvgIpc) is 3.48. The Labute approximate surface area is 174 Å². The van der Waals surface area contributed by atoms with Crippen LogP contribution in [0, 0.1) is 11.8 Å². The number of nitrogens with zero attached hydrogens (tertiary/aromatic N) is 2. The highest BCUT2D eigenvalue weighted by atomic mass is 19.4. The quantitative estimate of drug-likeness (QED) is 0.541. The van der Waals surface area contributed by atoms with E-state index in [4.69, 9.17) is 9.90 Å². The van der Waals surface area contributed by atoms with Crippen LogP contribution in [0.25, 0.3) is 17.1 Å². The number of aliphatic carboxylic acids is 1. The van der Waals surface area contributed by atoms with Crippen LogP contribution in [0.4, 0.5) is 13.2 Å². The maximum Gasteiger partial charge on any atom is 0.490 e. The van der Waals surface area contributed by atoms with Crippen LogP contribution in [-0.4, -0.2) is 45.1 Å². The number of rotatable bonds is 2. The Bertz CT molecular complexity index is 1080. The third-order valence-corrected chi connectivity index (χ3v) is 5.77. The first kappa shape index (κ1) is 20.9. The molecule has 8 nitrogen and oxygen atoms in total. The lowest BCUT2D eigenvalue weighted by molar-refractivity contribution is -0.192. The molecule has 2 fully saturated rings. The van der Waals surface area contributed by atoms with E-state index >= 15 is 0 Å². The first-order valence-corrected chi connectivity index (χ1v) is 9.81. The van der Waals surface area contributed by atoms with Crippen molar-refractivity contribution in [1.29, 1.82) is 0 Å². The normalized spacial score (nSPS) is 25.9. The topological polar surface area (TPSA) is 119 Å². The molecule has 4 N–H and O–H groups in total. The molecule has 2 aliphatic carbocycles. The molecule has 2 saturated carbocycles. The summed E-state index contributed by atoms with van der Waals surface area (Å²) in [5.41, 5.74) is 2.17. The molecule has 11 heteroatoms. The second-order valence-electron chi connectivity index (χ2n) is 7.82. The SMILES string of the molecule is O=C(O)C(F)(F)F.O=C1NC(NC2CC3CCC2C3)=NC1=Cc1c[nH]c2ncccc12. The lowest BCUT2D eigenvalue weighted by atomic mass is 9.95. The number of carboxylic acid groups (broad SMARTS) is 1. The summed E-state index contributed by atoms with van der Waals surface area (Å²) in [5, 5.41) is 14.4. The van der Waals surface area contributed by atoms with Crippen molar-refractivity contribution in [3.05, 3.63) is 35.8 Å². The second-order valence-corrected chi connectivity index (χ2v) is 7.82. The van der Waals surface area contributed by atoms with Gasteiger partial charge in [0, 0.05) is 29.4 Å². The van der Waals surface area contributed by atoms with Crippen molar-refractivity contribution in [3.8, 4) is 0 Å². The van der Waals surface area contributed by atoms with E-state index in [-0.39, 0.29) is 5.91 Å². The molecule has 1 amide bonds. The van der Waals surface area contributed by atoms with E-state index in [1.165, 1.54) is 25.7 Å². The highest BCUT2D eigenvalue weighted by molar-refractivity contribution is 6.14. The molecule has 0 radical (unpaired) electrons. The molecular formula is C20H20F3N5O3. The van der Waals surface area contributed by atoms with Crippen LogP contribution in [0.3, 0.4) is 0 Å². The summed E-state index contributed by atoms with van der Waals surface area (Å²) in [7, 11) is 0. The number of guanidine groups is 1. The third-order valence-electron chi connectivity index (χ3n) is 5.77. The van der Waals surface area contributed by atoms with Crippen molar-refractivity contribution in [2.45, 2.75) is 37.9 Å². The van der Waals surface area contributed by atoms with Gasteiger partial charge in [-0.15, -0.1) is 0 Å². The fourth-order valence-corrected chi connectivity index (χ4v) is 4.38. The number of aliphatic imine (C=N–C) groups is 1. The summed E-state index contributed by atoms with van der Waals surface area (Å²) in [6.07, 6.45) is 5.51. The van der Waals surface area contributed by atoms with E-state index in [1.54, 1.807) is 6.20 Å². The molecule has 164 valence electrons. The number of aromatic amines is 1. The minimum absolute atomic E-state index is 0.154. The molecule has 31 heavy (non-hydrogen) atoms. The van der Waals surface area contributed by atoms with Crippen LogP contribution >= 0.6 is 0 Å². The molecule has 1 aliphatic heterocycles. The predicted molar refractivity (Wildman–Crippen MR) is 106 cm³/mol. The average molecular weight is 435 g/mol. The number of amides is 1. The van der Waals surface area contributed by atoms with Crippen LogP contribution in [0.15, 0.2) is 35.2 Å². The van der Waals surface area contributed by atoms with Gasteiger partial charge in [0.15, 0.2) is 0 Å². The standard InChI is InChI=1S/C18H19N5O.C2HF3O2/c24-17-15(8-12-9-20-16-13(12)2-1-5-19-16)22-18(23-17)21-14-7-10-3-4-11(14)6-10;3-2(4,5)1(6)7/h1-2,5,8-11,14H,3-4,6-7H2,(H,19,20)(H2,21,22,23,24);(H,6,7). The molecular weight excluding hydrogens is 415 g/mol. The minimum Gasteiger partial charge on any atom is -0.475 e. The highest BCUT2D eigenvalue weighted by Gasteiger charge is 2.40. The Kier molecular flexibility index (Phi) is 5.42. The Morgan fingerprint density at radius 2 is 2.06 bits per heavy atom. The lowest BCUT2D eigenvalue weighted by Crippen LogP contribution is -2.44. The first-order chi connectivity index (χ1) is 14.7. The predicted octanol–water partition coefficient (Wildman–Crippen LogP) is 2.80. The molecule has 3 aliphatic rings. The van der Waals surface area contributed by atoms with Gasteiger partial charge in [0.2, 0.25) is 5.96 Å². The highest BCUT2D eigenvalue weighted by Crippen LogP contribution is 2.44. The molecule has 3 heterocycles. The van der Waals surface area contributed by atoms with Crippen LogP contribution in [0.1, 0.15) is 31.2 Å². The van der Waals surface area contributed by atoms with E-state index in [0.717, 1.165) is 28.4 Å². The van der Waals surface area contributed by atoms with Gasteiger partial charge in [-0.05, 0) is 49.3 Å². The van der Waals surface area contributed by atoms with E-state index in [1.807, 2.05) is 24.4 Å². The zero-order valence-corrected chi connectivity index (χ0v) is 16.2. The molecule has 2 aromatic heterocycles. The number of carbonyl (C=O) groups excluding carboxylic acids is 1. The summed E-state index contributed by atoms with van der Waals surface area (Å²) >= 11 is 0. The Hall–Kier alpha value is -3.37. The molecule has 3 atom stereocenters. The number of nitrogens with one attached hydrogen (secondary N) is 3.